The molecule has 0 heterocycles. The monoisotopic (exact) mass is 464 g/mol. The molecule has 2 rings (SSSR count). The van der Waals surface area contributed by atoms with Crippen molar-refractivity contribution in [3.8, 4) is 0 Å². The van der Waals surface area contributed by atoms with Gasteiger partial charge in [-0.05, 0) is 66.0 Å². The SMILES string of the molecule is C=Cc1cc2ccccc2c(COC(=O)C(C)(C)C(CC)(CC)C(C)C)c1C=C.CCCCC. The summed E-state index contributed by atoms with van der Waals surface area (Å²) in [7, 11) is 0. The summed E-state index contributed by atoms with van der Waals surface area (Å²) in [4.78, 5) is 13.3. The van der Waals surface area contributed by atoms with Crippen molar-refractivity contribution in [2.24, 2.45) is 16.7 Å². The van der Waals surface area contributed by atoms with Gasteiger partial charge in [0.25, 0.3) is 0 Å². The molecule has 0 saturated carbocycles. The van der Waals surface area contributed by atoms with Crippen LogP contribution in [0.2, 0.25) is 0 Å². The molecule has 2 aromatic rings. The van der Waals surface area contributed by atoms with Crippen molar-refractivity contribution in [1.82, 2.24) is 0 Å². The number of fused-ring (bicyclic) bond motifs is 1. The van der Waals surface area contributed by atoms with Crippen LogP contribution in [0.25, 0.3) is 22.9 Å². The maximum absolute atomic E-state index is 13.3. The summed E-state index contributed by atoms with van der Waals surface area (Å²) in [6, 6.07) is 10.3. The standard InChI is InChI=1S/C27H36O2.C5H12/c1-9-20-17-21-15-13-14-16-23(21)24(22(20)10-2)18-29-25(28)26(7,8)27(11-3,12-4)19(5)6;1-3-5-4-2/h9-10,13-17,19H,1-2,11-12,18H2,3-8H3;3-5H2,1-2H3. The molecule has 188 valence electrons. The van der Waals surface area contributed by atoms with Gasteiger partial charge in [0.05, 0.1) is 5.41 Å². The fraction of sp³-hybridized carbons (Fsp3) is 0.531. The Morgan fingerprint density at radius 1 is 1.00 bits per heavy atom. The number of benzene rings is 2. The Morgan fingerprint density at radius 2 is 1.59 bits per heavy atom. The Hall–Kier alpha value is -2.35. The highest BCUT2D eigenvalue weighted by molar-refractivity contribution is 5.92. The predicted octanol–water partition coefficient (Wildman–Crippen LogP) is 9.85. The number of esters is 1. The van der Waals surface area contributed by atoms with Crippen molar-refractivity contribution in [2.45, 2.75) is 94.1 Å². The van der Waals surface area contributed by atoms with E-state index in [1.807, 2.05) is 38.1 Å². The smallest absolute Gasteiger partial charge is 0.312 e. The van der Waals surface area contributed by atoms with Crippen LogP contribution < -0.4 is 0 Å². The number of carbonyl (C=O) groups excluding carboxylic acids is 1. The molecule has 0 unspecified atom stereocenters. The lowest BCUT2D eigenvalue weighted by atomic mass is 9.57. The van der Waals surface area contributed by atoms with E-state index in [4.69, 9.17) is 4.74 Å². The fourth-order valence-corrected chi connectivity index (χ4v) is 5.57. The number of unbranched alkanes of at least 4 members (excludes halogenated alkanes) is 2. The van der Waals surface area contributed by atoms with E-state index in [9.17, 15) is 4.79 Å². The molecule has 0 atom stereocenters. The molecule has 0 N–H and O–H groups in total. The van der Waals surface area contributed by atoms with E-state index in [0.29, 0.717) is 5.92 Å². The van der Waals surface area contributed by atoms with Crippen LogP contribution in [0.4, 0.5) is 0 Å². The van der Waals surface area contributed by atoms with Crippen LogP contribution in [0.3, 0.4) is 0 Å². The first-order valence-electron chi connectivity index (χ1n) is 13.1. The normalized spacial score (nSPS) is 11.7. The minimum atomic E-state index is -0.579. The van der Waals surface area contributed by atoms with E-state index in [0.717, 1.165) is 40.3 Å². The molecule has 0 aliphatic rings. The third-order valence-corrected chi connectivity index (χ3v) is 7.83. The second kappa shape index (κ2) is 13.5. The summed E-state index contributed by atoms with van der Waals surface area (Å²) in [6.07, 6.45) is 9.62. The number of carbonyl (C=O) groups is 1. The van der Waals surface area contributed by atoms with Crippen LogP contribution in [-0.4, -0.2) is 5.97 Å². The Balaban J connectivity index is 0.00000104. The third-order valence-electron chi connectivity index (χ3n) is 7.83. The second-order valence-electron chi connectivity index (χ2n) is 10.1. The first kappa shape index (κ1) is 29.7. The van der Waals surface area contributed by atoms with Crippen LogP contribution in [0.15, 0.2) is 43.5 Å². The summed E-state index contributed by atoms with van der Waals surface area (Å²) < 4.78 is 5.98. The molecule has 0 aromatic heterocycles. The highest BCUT2D eigenvalue weighted by Crippen LogP contribution is 2.51. The summed E-state index contributed by atoms with van der Waals surface area (Å²) >= 11 is 0. The third kappa shape index (κ3) is 6.20. The summed E-state index contributed by atoms with van der Waals surface area (Å²) in [6.45, 7) is 25.4. The van der Waals surface area contributed by atoms with Crippen LogP contribution >= 0.6 is 0 Å². The predicted molar refractivity (Wildman–Crippen MR) is 151 cm³/mol. The maximum Gasteiger partial charge on any atom is 0.312 e. The maximum atomic E-state index is 13.3. The van der Waals surface area contributed by atoms with Gasteiger partial charge >= 0.3 is 5.97 Å². The number of ether oxygens (including phenoxy) is 1. The molecule has 0 aliphatic carbocycles. The van der Waals surface area contributed by atoms with Crippen LogP contribution in [0.5, 0.6) is 0 Å². The molecule has 34 heavy (non-hydrogen) atoms. The van der Waals surface area contributed by atoms with Crippen LogP contribution in [0, 0.1) is 16.7 Å². The van der Waals surface area contributed by atoms with Gasteiger partial charge in [-0.2, -0.15) is 0 Å². The lowest BCUT2D eigenvalue weighted by Crippen LogP contribution is -2.47. The lowest BCUT2D eigenvalue weighted by molar-refractivity contribution is -0.167. The molecule has 0 spiro atoms. The van der Waals surface area contributed by atoms with E-state index < -0.39 is 5.41 Å². The van der Waals surface area contributed by atoms with Gasteiger partial charge < -0.3 is 4.74 Å². The Morgan fingerprint density at radius 3 is 2.03 bits per heavy atom. The minimum Gasteiger partial charge on any atom is -0.460 e. The van der Waals surface area contributed by atoms with Crippen molar-refractivity contribution >= 4 is 28.9 Å². The van der Waals surface area contributed by atoms with Gasteiger partial charge in [-0.1, -0.05) is 110 Å². The summed E-state index contributed by atoms with van der Waals surface area (Å²) in [5.74, 6) is 0.242. The average molecular weight is 465 g/mol. The van der Waals surface area contributed by atoms with Crippen molar-refractivity contribution in [3.05, 3.63) is 60.2 Å². The topological polar surface area (TPSA) is 26.3 Å². The van der Waals surface area contributed by atoms with Crippen molar-refractivity contribution in [3.63, 3.8) is 0 Å². The molecular formula is C32H48O2. The quantitative estimate of drug-likeness (QED) is 0.309. The van der Waals surface area contributed by atoms with E-state index in [1.165, 1.54) is 19.3 Å². The van der Waals surface area contributed by atoms with Gasteiger partial charge in [-0.15, -0.1) is 0 Å². The largest absolute Gasteiger partial charge is 0.460 e. The lowest BCUT2D eigenvalue weighted by Gasteiger charge is -2.47. The highest BCUT2D eigenvalue weighted by atomic mass is 16.5. The first-order valence-corrected chi connectivity index (χ1v) is 13.1. The van der Waals surface area contributed by atoms with E-state index in [2.05, 4.69) is 72.9 Å². The second-order valence-corrected chi connectivity index (χ2v) is 10.1. The van der Waals surface area contributed by atoms with Gasteiger partial charge in [-0.25, -0.2) is 0 Å². The molecule has 2 nitrogen and oxygen atoms in total. The van der Waals surface area contributed by atoms with Crippen molar-refractivity contribution in [1.29, 1.82) is 0 Å². The molecule has 0 radical (unpaired) electrons. The Bertz CT molecular complexity index is 943. The molecular weight excluding hydrogens is 416 g/mol. The van der Waals surface area contributed by atoms with Crippen LogP contribution in [0.1, 0.15) is 104 Å². The van der Waals surface area contributed by atoms with Gasteiger partial charge in [0.15, 0.2) is 0 Å². The highest BCUT2D eigenvalue weighted by Gasteiger charge is 2.50. The zero-order valence-corrected chi connectivity index (χ0v) is 23.1. The summed E-state index contributed by atoms with van der Waals surface area (Å²) in [5, 5.41) is 2.19. The zero-order chi connectivity index (χ0) is 25.9. The van der Waals surface area contributed by atoms with Gasteiger partial charge in [0, 0.05) is 5.56 Å². The zero-order valence-electron chi connectivity index (χ0n) is 23.1. The average Bonchev–Trinajstić information content (AvgIpc) is 2.83. The molecule has 0 fully saturated rings. The molecule has 2 aromatic carbocycles. The van der Waals surface area contributed by atoms with E-state index >= 15 is 0 Å². The van der Waals surface area contributed by atoms with Crippen molar-refractivity contribution in [2.75, 3.05) is 0 Å². The fourth-order valence-electron chi connectivity index (χ4n) is 5.57. The van der Waals surface area contributed by atoms with Gasteiger partial charge in [0.2, 0.25) is 0 Å². The Labute approximate surface area is 209 Å². The summed E-state index contributed by atoms with van der Waals surface area (Å²) in [5.41, 5.74) is 2.29. The minimum absolute atomic E-state index is 0.101. The first-order chi connectivity index (χ1) is 16.1. The van der Waals surface area contributed by atoms with Gasteiger partial charge in [-0.3, -0.25) is 4.79 Å². The molecule has 0 saturated heterocycles. The molecule has 0 bridgehead atoms. The molecule has 0 aliphatic heterocycles. The number of hydrogen-bond donors (Lipinski definition) is 0. The molecule has 2 heteroatoms. The van der Waals surface area contributed by atoms with E-state index in [-0.39, 0.29) is 18.0 Å². The van der Waals surface area contributed by atoms with Crippen LogP contribution in [-0.2, 0) is 16.1 Å². The molecule has 0 amide bonds. The van der Waals surface area contributed by atoms with E-state index in [1.54, 1.807) is 0 Å². The van der Waals surface area contributed by atoms with Gasteiger partial charge in [0.1, 0.15) is 6.61 Å². The number of rotatable bonds is 11. The van der Waals surface area contributed by atoms with Crippen molar-refractivity contribution < 1.29 is 9.53 Å². The number of hydrogen-bond acceptors (Lipinski definition) is 2. The Kier molecular flexibility index (Phi) is 11.8.